The van der Waals surface area contributed by atoms with Crippen LogP contribution >= 0.6 is 0 Å². The van der Waals surface area contributed by atoms with Crippen LogP contribution in [0.1, 0.15) is 54.6 Å². The third-order valence-corrected chi connectivity index (χ3v) is 4.79. The molecule has 1 N–H and O–H groups in total. The van der Waals surface area contributed by atoms with E-state index < -0.39 is 5.97 Å². The van der Waals surface area contributed by atoms with E-state index in [0.717, 1.165) is 37.0 Å². The molecular formula is C18H27NO2. The molecule has 1 heterocycles. The van der Waals surface area contributed by atoms with Crippen LogP contribution in [0.15, 0.2) is 18.2 Å². The normalized spacial score (nSPS) is 20.5. The van der Waals surface area contributed by atoms with Gasteiger partial charge in [0.05, 0.1) is 5.56 Å². The highest BCUT2D eigenvalue weighted by Crippen LogP contribution is 2.25. The van der Waals surface area contributed by atoms with Crippen LogP contribution in [0.4, 0.5) is 0 Å². The van der Waals surface area contributed by atoms with Crippen molar-refractivity contribution in [2.24, 2.45) is 11.8 Å². The molecule has 1 saturated heterocycles. The Morgan fingerprint density at radius 3 is 2.71 bits per heavy atom. The number of likely N-dealkylation sites (tertiary alicyclic amines) is 1. The number of rotatable bonds is 4. The first-order chi connectivity index (χ1) is 9.97. The number of carbonyl (C=O) groups is 1. The van der Waals surface area contributed by atoms with Crippen LogP contribution in [-0.2, 0) is 6.54 Å². The minimum atomic E-state index is -0.848. The lowest BCUT2D eigenvalue weighted by Gasteiger charge is -2.22. The topological polar surface area (TPSA) is 40.5 Å². The predicted molar refractivity (Wildman–Crippen MR) is 85.6 cm³/mol. The molecule has 1 aliphatic heterocycles. The fourth-order valence-corrected chi connectivity index (χ4v) is 3.25. The lowest BCUT2D eigenvalue weighted by molar-refractivity contribution is 0.0696. The molecule has 0 radical (unpaired) electrons. The molecule has 0 saturated carbocycles. The monoisotopic (exact) mass is 289 g/mol. The molecule has 0 spiro atoms. The van der Waals surface area contributed by atoms with Crippen LogP contribution in [0.25, 0.3) is 0 Å². The van der Waals surface area contributed by atoms with Crippen LogP contribution in [0, 0.1) is 18.8 Å². The van der Waals surface area contributed by atoms with Gasteiger partial charge in [0.1, 0.15) is 0 Å². The molecule has 0 amide bonds. The lowest BCUT2D eigenvalue weighted by atomic mass is 9.89. The summed E-state index contributed by atoms with van der Waals surface area (Å²) in [4.78, 5) is 13.5. The summed E-state index contributed by atoms with van der Waals surface area (Å²) in [5, 5.41) is 9.03. The first-order valence-electron chi connectivity index (χ1n) is 8.02. The second-order valence-electron chi connectivity index (χ2n) is 6.66. The van der Waals surface area contributed by atoms with E-state index in [1.165, 1.54) is 24.8 Å². The van der Waals surface area contributed by atoms with Crippen LogP contribution in [0.2, 0.25) is 0 Å². The van der Waals surface area contributed by atoms with E-state index in [2.05, 4.69) is 18.7 Å². The lowest BCUT2D eigenvalue weighted by Crippen LogP contribution is -2.25. The maximum Gasteiger partial charge on any atom is 0.335 e. The van der Waals surface area contributed by atoms with E-state index >= 15 is 0 Å². The summed E-state index contributed by atoms with van der Waals surface area (Å²) in [6.07, 6.45) is 3.89. The van der Waals surface area contributed by atoms with E-state index in [1.54, 1.807) is 12.1 Å². The van der Waals surface area contributed by atoms with E-state index in [4.69, 9.17) is 5.11 Å². The second kappa shape index (κ2) is 7.08. The van der Waals surface area contributed by atoms with Crippen LogP contribution in [0.3, 0.4) is 0 Å². The minimum Gasteiger partial charge on any atom is -0.478 e. The van der Waals surface area contributed by atoms with E-state index in [0.29, 0.717) is 5.56 Å². The van der Waals surface area contributed by atoms with Gasteiger partial charge in [-0.2, -0.15) is 0 Å². The number of aromatic carboxylic acids is 1. The van der Waals surface area contributed by atoms with Crippen molar-refractivity contribution < 1.29 is 9.90 Å². The van der Waals surface area contributed by atoms with Gasteiger partial charge < -0.3 is 5.11 Å². The van der Waals surface area contributed by atoms with Crippen molar-refractivity contribution >= 4 is 5.97 Å². The summed E-state index contributed by atoms with van der Waals surface area (Å²) in [6, 6.07) is 5.48. The number of aryl methyl sites for hydroxylation is 1. The molecule has 1 atom stereocenters. The zero-order valence-corrected chi connectivity index (χ0v) is 13.4. The molecular weight excluding hydrogens is 262 g/mol. The first-order valence-corrected chi connectivity index (χ1v) is 8.02. The largest absolute Gasteiger partial charge is 0.478 e. The number of carboxylic acids is 1. The van der Waals surface area contributed by atoms with Gasteiger partial charge in [0, 0.05) is 6.54 Å². The minimum absolute atomic E-state index is 0.381. The highest BCUT2D eigenvalue weighted by molar-refractivity contribution is 5.87. The summed E-state index contributed by atoms with van der Waals surface area (Å²) >= 11 is 0. The number of nitrogens with zero attached hydrogens (tertiary/aromatic N) is 1. The Kier molecular flexibility index (Phi) is 5.40. The van der Waals surface area contributed by atoms with Crippen molar-refractivity contribution in [3.63, 3.8) is 0 Å². The van der Waals surface area contributed by atoms with Crippen molar-refractivity contribution in [1.29, 1.82) is 0 Å². The van der Waals surface area contributed by atoms with Crippen LogP contribution in [0.5, 0.6) is 0 Å². The van der Waals surface area contributed by atoms with E-state index in [1.807, 2.05) is 13.0 Å². The molecule has 3 nitrogen and oxygen atoms in total. The number of benzene rings is 1. The van der Waals surface area contributed by atoms with Crippen molar-refractivity contribution in [3.05, 3.63) is 34.9 Å². The Labute approximate surface area is 128 Å². The van der Waals surface area contributed by atoms with Gasteiger partial charge in [-0.25, -0.2) is 4.79 Å². The van der Waals surface area contributed by atoms with Gasteiger partial charge in [0.15, 0.2) is 0 Å². The third-order valence-electron chi connectivity index (χ3n) is 4.79. The SMILES string of the molecule is Cc1cc(C(=O)O)ccc1CN1CCCC(C(C)C)CC1. The zero-order chi connectivity index (χ0) is 15.4. The number of hydrogen-bond acceptors (Lipinski definition) is 2. The first kappa shape index (κ1) is 16.0. The molecule has 2 rings (SSSR count). The fourth-order valence-electron chi connectivity index (χ4n) is 3.25. The Morgan fingerprint density at radius 2 is 2.10 bits per heavy atom. The average molecular weight is 289 g/mol. The van der Waals surface area contributed by atoms with Crippen molar-refractivity contribution in [1.82, 2.24) is 4.90 Å². The van der Waals surface area contributed by atoms with Gasteiger partial charge in [-0.05, 0) is 74.4 Å². The number of carboxylic acid groups (broad SMARTS) is 1. The fraction of sp³-hybridized carbons (Fsp3) is 0.611. The summed E-state index contributed by atoms with van der Waals surface area (Å²) < 4.78 is 0. The summed E-state index contributed by atoms with van der Waals surface area (Å²) in [5.41, 5.74) is 2.72. The van der Waals surface area contributed by atoms with Gasteiger partial charge in [-0.15, -0.1) is 0 Å². The van der Waals surface area contributed by atoms with Crippen LogP contribution in [-0.4, -0.2) is 29.1 Å². The van der Waals surface area contributed by atoms with Crippen molar-refractivity contribution in [3.8, 4) is 0 Å². The zero-order valence-electron chi connectivity index (χ0n) is 13.4. The molecule has 0 bridgehead atoms. The molecule has 0 aromatic heterocycles. The quantitative estimate of drug-likeness (QED) is 0.912. The van der Waals surface area contributed by atoms with E-state index in [-0.39, 0.29) is 0 Å². The average Bonchev–Trinajstić information content (AvgIpc) is 2.66. The molecule has 1 unspecified atom stereocenters. The standard InChI is InChI=1S/C18H27NO2/c1-13(2)15-5-4-9-19(10-8-15)12-17-7-6-16(18(20)21)11-14(17)3/h6-7,11,13,15H,4-5,8-10,12H2,1-3H3,(H,20,21). The van der Waals surface area contributed by atoms with E-state index in [9.17, 15) is 4.79 Å². The summed E-state index contributed by atoms with van der Waals surface area (Å²) in [7, 11) is 0. The molecule has 1 aromatic rings. The Bertz CT molecular complexity index is 496. The Hall–Kier alpha value is -1.35. The number of hydrogen-bond donors (Lipinski definition) is 1. The van der Waals surface area contributed by atoms with Gasteiger partial charge in [0.25, 0.3) is 0 Å². The predicted octanol–water partition coefficient (Wildman–Crippen LogP) is 3.95. The van der Waals surface area contributed by atoms with Crippen molar-refractivity contribution in [2.45, 2.75) is 46.6 Å². The molecule has 116 valence electrons. The van der Waals surface area contributed by atoms with Gasteiger partial charge in [-0.1, -0.05) is 19.9 Å². The molecule has 1 fully saturated rings. The van der Waals surface area contributed by atoms with Gasteiger partial charge in [0.2, 0.25) is 0 Å². The van der Waals surface area contributed by atoms with Crippen LogP contribution < -0.4 is 0 Å². The maximum atomic E-state index is 11.0. The second-order valence-corrected chi connectivity index (χ2v) is 6.66. The van der Waals surface area contributed by atoms with Gasteiger partial charge >= 0.3 is 5.97 Å². The molecule has 3 heteroatoms. The smallest absolute Gasteiger partial charge is 0.335 e. The molecule has 0 aliphatic carbocycles. The molecule has 21 heavy (non-hydrogen) atoms. The highest BCUT2D eigenvalue weighted by Gasteiger charge is 2.19. The Morgan fingerprint density at radius 1 is 1.33 bits per heavy atom. The highest BCUT2D eigenvalue weighted by atomic mass is 16.4. The van der Waals surface area contributed by atoms with Crippen molar-refractivity contribution in [2.75, 3.05) is 13.1 Å². The maximum absolute atomic E-state index is 11.0. The van der Waals surface area contributed by atoms with Gasteiger partial charge in [-0.3, -0.25) is 4.90 Å². The molecule has 1 aliphatic rings. The summed E-state index contributed by atoms with van der Waals surface area (Å²) in [5.74, 6) is 0.784. The Balaban J connectivity index is 2.00. The summed E-state index contributed by atoms with van der Waals surface area (Å²) in [6.45, 7) is 9.92. The third kappa shape index (κ3) is 4.31. The molecule has 1 aromatic carbocycles.